The number of aliphatic hydroxyl groups is 1. The molecule has 0 amide bonds. The topological polar surface area (TPSA) is 32.3 Å². The summed E-state index contributed by atoms with van der Waals surface area (Å²) in [5, 5.41) is 16.9. The third-order valence-corrected chi connectivity index (χ3v) is 4.06. The van der Waals surface area contributed by atoms with Crippen LogP contribution in [-0.4, -0.2) is 24.3 Å². The van der Waals surface area contributed by atoms with Gasteiger partial charge in [0, 0.05) is 11.1 Å². The van der Waals surface area contributed by atoms with Crippen LogP contribution >= 0.6 is 11.3 Å². The van der Waals surface area contributed by atoms with Crippen LogP contribution in [0.3, 0.4) is 0 Å². The summed E-state index contributed by atoms with van der Waals surface area (Å²) in [5.41, 5.74) is 0.624. The summed E-state index contributed by atoms with van der Waals surface area (Å²) in [6.45, 7) is 2.76. The van der Waals surface area contributed by atoms with Gasteiger partial charge in [-0.3, -0.25) is 0 Å². The van der Waals surface area contributed by atoms with Gasteiger partial charge in [0.25, 0.3) is 0 Å². The second kappa shape index (κ2) is 5.17. The summed E-state index contributed by atoms with van der Waals surface area (Å²) in [6, 6.07) is 8.38. The first-order valence-corrected chi connectivity index (χ1v) is 6.82. The van der Waals surface area contributed by atoms with Gasteiger partial charge in [-0.15, -0.1) is 11.3 Å². The fourth-order valence-corrected chi connectivity index (χ4v) is 3.03. The minimum atomic E-state index is -0.632. The molecule has 2 N–H and O–H groups in total. The Morgan fingerprint density at radius 2 is 2.12 bits per heavy atom. The summed E-state index contributed by atoms with van der Waals surface area (Å²) in [7, 11) is 1.91. The Bertz CT molecular complexity index is 490. The van der Waals surface area contributed by atoms with Crippen molar-refractivity contribution in [3.05, 3.63) is 35.2 Å². The Labute approximate surface area is 106 Å². The number of thiophene rings is 1. The average molecular weight is 249 g/mol. The molecule has 0 aliphatic rings. The van der Waals surface area contributed by atoms with Crippen molar-refractivity contribution in [2.24, 2.45) is 0 Å². The first kappa shape index (κ1) is 12.6. The molecule has 92 valence electrons. The van der Waals surface area contributed by atoms with Crippen molar-refractivity contribution in [1.82, 2.24) is 5.32 Å². The molecule has 3 heteroatoms. The van der Waals surface area contributed by atoms with E-state index >= 15 is 0 Å². The van der Waals surface area contributed by atoms with E-state index < -0.39 is 5.60 Å². The van der Waals surface area contributed by atoms with E-state index in [4.69, 9.17) is 0 Å². The van der Waals surface area contributed by atoms with Crippen molar-refractivity contribution in [1.29, 1.82) is 0 Å². The van der Waals surface area contributed by atoms with E-state index in [1.807, 2.05) is 14.0 Å². The van der Waals surface area contributed by atoms with Gasteiger partial charge >= 0.3 is 0 Å². The molecular weight excluding hydrogens is 230 g/mol. The normalized spacial score (nSPS) is 15.0. The Kier molecular flexibility index (Phi) is 3.82. The summed E-state index contributed by atoms with van der Waals surface area (Å²) in [4.78, 5) is 0. The van der Waals surface area contributed by atoms with Crippen LogP contribution in [0, 0.1) is 0 Å². The van der Waals surface area contributed by atoms with Gasteiger partial charge in [0.1, 0.15) is 0 Å². The van der Waals surface area contributed by atoms with E-state index in [0.29, 0.717) is 0 Å². The van der Waals surface area contributed by atoms with Gasteiger partial charge in [-0.2, -0.15) is 0 Å². The molecule has 17 heavy (non-hydrogen) atoms. The van der Waals surface area contributed by atoms with E-state index in [9.17, 15) is 5.11 Å². The molecule has 0 aliphatic carbocycles. The standard InChI is InChI=1S/C14H19NOS/c1-14(16,7-8-15-2)9-11-10-17-13-6-4-3-5-12(11)13/h3-6,10,15-16H,7-9H2,1-2H3. The molecule has 2 aromatic rings. The zero-order valence-corrected chi connectivity index (χ0v) is 11.2. The van der Waals surface area contributed by atoms with Crippen LogP contribution in [0.25, 0.3) is 10.1 Å². The maximum atomic E-state index is 10.3. The van der Waals surface area contributed by atoms with Gasteiger partial charge in [0.05, 0.1) is 5.60 Å². The molecule has 0 saturated heterocycles. The number of nitrogens with one attached hydrogen (secondary N) is 1. The van der Waals surface area contributed by atoms with Crippen molar-refractivity contribution < 1.29 is 5.11 Å². The highest BCUT2D eigenvalue weighted by Gasteiger charge is 2.21. The lowest BCUT2D eigenvalue weighted by Gasteiger charge is -2.22. The Morgan fingerprint density at radius 1 is 1.35 bits per heavy atom. The largest absolute Gasteiger partial charge is 0.390 e. The lowest BCUT2D eigenvalue weighted by molar-refractivity contribution is 0.0524. The summed E-state index contributed by atoms with van der Waals surface area (Å²) in [6.07, 6.45) is 1.49. The number of benzene rings is 1. The fourth-order valence-electron chi connectivity index (χ4n) is 2.06. The molecule has 2 rings (SSSR count). The third-order valence-electron chi connectivity index (χ3n) is 3.05. The lowest BCUT2D eigenvalue weighted by Crippen LogP contribution is -2.31. The van der Waals surface area contributed by atoms with Crippen LogP contribution in [0.1, 0.15) is 18.9 Å². The van der Waals surface area contributed by atoms with Gasteiger partial charge in [-0.25, -0.2) is 0 Å². The second-order valence-electron chi connectivity index (χ2n) is 4.78. The van der Waals surface area contributed by atoms with E-state index in [1.54, 1.807) is 11.3 Å². The Morgan fingerprint density at radius 3 is 2.88 bits per heavy atom. The van der Waals surface area contributed by atoms with Crippen LogP contribution in [0.5, 0.6) is 0 Å². The number of hydrogen-bond acceptors (Lipinski definition) is 3. The molecule has 0 bridgehead atoms. The Balaban J connectivity index is 2.18. The van der Waals surface area contributed by atoms with E-state index in [-0.39, 0.29) is 0 Å². The van der Waals surface area contributed by atoms with Crippen molar-refractivity contribution in [2.45, 2.75) is 25.4 Å². The van der Waals surface area contributed by atoms with E-state index in [1.165, 1.54) is 15.6 Å². The van der Waals surface area contributed by atoms with Crippen LogP contribution in [-0.2, 0) is 6.42 Å². The van der Waals surface area contributed by atoms with Crippen LogP contribution in [0.4, 0.5) is 0 Å². The highest BCUT2D eigenvalue weighted by atomic mass is 32.1. The SMILES string of the molecule is CNCCC(C)(O)Cc1csc2ccccc12. The van der Waals surface area contributed by atoms with Crippen LogP contribution in [0.2, 0.25) is 0 Å². The maximum absolute atomic E-state index is 10.3. The lowest BCUT2D eigenvalue weighted by atomic mass is 9.93. The third kappa shape index (κ3) is 3.06. The molecule has 1 atom stereocenters. The highest BCUT2D eigenvalue weighted by Crippen LogP contribution is 2.29. The van der Waals surface area contributed by atoms with Gasteiger partial charge in [-0.05, 0) is 49.3 Å². The van der Waals surface area contributed by atoms with Gasteiger partial charge in [-0.1, -0.05) is 18.2 Å². The molecule has 0 spiro atoms. The fraction of sp³-hybridized carbons (Fsp3) is 0.429. The molecule has 0 aliphatic heterocycles. The first-order valence-electron chi connectivity index (χ1n) is 5.94. The van der Waals surface area contributed by atoms with E-state index in [0.717, 1.165) is 19.4 Å². The first-order chi connectivity index (χ1) is 8.12. The summed E-state index contributed by atoms with van der Waals surface area (Å²) >= 11 is 1.75. The van der Waals surface area contributed by atoms with Crippen LogP contribution < -0.4 is 5.32 Å². The van der Waals surface area contributed by atoms with Gasteiger partial charge in [0.15, 0.2) is 0 Å². The smallest absolute Gasteiger partial charge is 0.0672 e. The highest BCUT2D eigenvalue weighted by molar-refractivity contribution is 7.17. The predicted molar refractivity (Wildman–Crippen MR) is 74.7 cm³/mol. The van der Waals surface area contributed by atoms with Gasteiger partial charge in [0.2, 0.25) is 0 Å². The summed E-state index contributed by atoms with van der Waals surface area (Å²) in [5.74, 6) is 0. The monoisotopic (exact) mass is 249 g/mol. The quantitative estimate of drug-likeness (QED) is 0.854. The number of hydrogen-bond donors (Lipinski definition) is 2. The summed E-state index contributed by atoms with van der Waals surface area (Å²) < 4.78 is 1.30. The van der Waals surface area contributed by atoms with E-state index in [2.05, 4.69) is 35.0 Å². The molecule has 0 radical (unpaired) electrons. The molecule has 0 saturated carbocycles. The van der Waals surface area contributed by atoms with Crippen molar-refractivity contribution in [2.75, 3.05) is 13.6 Å². The minimum absolute atomic E-state index is 0.632. The number of fused-ring (bicyclic) bond motifs is 1. The van der Waals surface area contributed by atoms with Crippen LogP contribution in [0.15, 0.2) is 29.6 Å². The second-order valence-corrected chi connectivity index (χ2v) is 5.70. The molecular formula is C14H19NOS. The zero-order valence-electron chi connectivity index (χ0n) is 10.4. The van der Waals surface area contributed by atoms with Crippen molar-refractivity contribution in [3.63, 3.8) is 0 Å². The van der Waals surface area contributed by atoms with Crippen molar-refractivity contribution >= 4 is 21.4 Å². The maximum Gasteiger partial charge on any atom is 0.0672 e. The number of rotatable bonds is 5. The average Bonchev–Trinajstić information content (AvgIpc) is 2.70. The molecule has 1 aromatic heterocycles. The molecule has 1 heterocycles. The Hall–Kier alpha value is -0.900. The minimum Gasteiger partial charge on any atom is -0.390 e. The van der Waals surface area contributed by atoms with Gasteiger partial charge < -0.3 is 10.4 Å². The van der Waals surface area contributed by atoms with Crippen molar-refractivity contribution in [3.8, 4) is 0 Å². The zero-order chi connectivity index (χ0) is 12.3. The predicted octanol–water partition coefficient (Wildman–Crippen LogP) is 2.80. The molecule has 1 aromatic carbocycles. The molecule has 0 fully saturated rings. The molecule has 1 unspecified atom stereocenters. The molecule has 2 nitrogen and oxygen atoms in total.